The second-order valence-electron chi connectivity index (χ2n) is 3.96. The molecule has 0 saturated carbocycles. The van der Waals surface area contributed by atoms with Crippen molar-refractivity contribution >= 4 is 11.7 Å². The fraction of sp³-hybridized carbons (Fsp3) is 0.538. The Morgan fingerprint density at radius 2 is 2.22 bits per heavy atom. The number of methoxy groups -OCH3 is 1. The summed E-state index contributed by atoms with van der Waals surface area (Å²) < 4.78 is 4.91. The molecule has 1 heterocycles. The van der Waals surface area contributed by atoms with E-state index in [9.17, 15) is 4.79 Å². The molecule has 1 aromatic rings. The van der Waals surface area contributed by atoms with Crippen molar-refractivity contribution in [3.8, 4) is 0 Å². The van der Waals surface area contributed by atoms with E-state index >= 15 is 0 Å². The van der Waals surface area contributed by atoms with Crippen molar-refractivity contribution in [3.05, 3.63) is 23.9 Å². The van der Waals surface area contributed by atoms with Crippen LogP contribution >= 0.6 is 0 Å². The van der Waals surface area contributed by atoms with Crippen LogP contribution in [0, 0.1) is 0 Å². The zero-order valence-electron chi connectivity index (χ0n) is 11.0. The fourth-order valence-electron chi connectivity index (χ4n) is 1.41. The number of rotatable bonds is 8. The van der Waals surface area contributed by atoms with Crippen molar-refractivity contribution in [2.45, 2.75) is 19.8 Å². The molecule has 0 atom stereocenters. The predicted molar refractivity (Wildman–Crippen MR) is 71.8 cm³/mol. The first-order valence-electron chi connectivity index (χ1n) is 6.25. The van der Waals surface area contributed by atoms with Crippen LogP contribution in [0.2, 0.25) is 0 Å². The van der Waals surface area contributed by atoms with E-state index in [1.165, 1.54) is 0 Å². The maximum atomic E-state index is 11.7. The van der Waals surface area contributed by atoms with Gasteiger partial charge in [0.15, 0.2) is 0 Å². The van der Waals surface area contributed by atoms with Gasteiger partial charge in [-0.15, -0.1) is 0 Å². The summed E-state index contributed by atoms with van der Waals surface area (Å²) in [5.41, 5.74) is 0.578. The van der Waals surface area contributed by atoms with Gasteiger partial charge in [-0.2, -0.15) is 0 Å². The van der Waals surface area contributed by atoms with Gasteiger partial charge in [0.05, 0.1) is 5.56 Å². The molecule has 0 aliphatic rings. The highest BCUT2D eigenvalue weighted by Gasteiger charge is 2.04. The molecule has 0 saturated heterocycles. The minimum atomic E-state index is -0.0966. The highest BCUT2D eigenvalue weighted by Crippen LogP contribution is 2.04. The number of nitrogens with zero attached hydrogens (tertiary/aromatic N) is 1. The highest BCUT2D eigenvalue weighted by atomic mass is 16.5. The first-order valence-corrected chi connectivity index (χ1v) is 6.25. The molecular weight excluding hydrogens is 230 g/mol. The first kappa shape index (κ1) is 14.4. The normalized spacial score (nSPS) is 10.1. The van der Waals surface area contributed by atoms with E-state index in [1.54, 1.807) is 19.4 Å². The molecule has 0 spiro atoms. The Hall–Kier alpha value is -1.62. The van der Waals surface area contributed by atoms with Gasteiger partial charge in [-0.05, 0) is 25.0 Å². The Morgan fingerprint density at radius 1 is 1.39 bits per heavy atom. The molecule has 1 amide bonds. The van der Waals surface area contributed by atoms with E-state index in [0.717, 1.165) is 25.2 Å². The van der Waals surface area contributed by atoms with Gasteiger partial charge in [-0.3, -0.25) is 4.79 Å². The zero-order valence-corrected chi connectivity index (χ0v) is 11.0. The number of nitrogens with one attached hydrogen (secondary N) is 2. The highest BCUT2D eigenvalue weighted by molar-refractivity contribution is 5.93. The van der Waals surface area contributed by atoms with Crippen LogP contribution in [0.25, 0.3) is 0 Å². The van der Waals surface area contributed by atoms with E-state index in [0.29, 0.717) is 18.7 Å². The molecule has 0 fully saturated rings. The monoisotopic (exact) mass is 251 g/mol. The Balaban J connectivity index is 2.38. The number of amides is 1. The number of hydrogen-bond acceptors (Lipinski definition) is 4. The van der Waals surface area contributed by atoms with Gasteiger partial charge >= 0.3 is 0 Å². The lowest BCUT2D eigenvalue weighted by Crippen LogP contribution is -2.25. The van der Waals surface area contributed by atoms with Crippen molar-refractivity contribution in [2.75, 3.05) is 32.1 Å². The van der Waals surface area contributed by atoms with Crippen molar-refractivity contribution in [2.24, 2.45) is 0 Å². The molecule has 0 aliphatic heterocycles. The second kappa shape index (κ2) is 8.47. The SMILES string of the molecule is CCCNc1ccc(C(=O)NCCCOC)cn1. The Kier molecular flexibility index (Phi) is 6.79. The zero-order chi connectivity index (χ0) is 13.2. The number of anilines is 1. The van der Waals surface area contributed by atoms with E-state index in [2.05, 4.69) is 22.5 Å². The summed E-state index contributed by atoms with van der Waals surface area (Å²) in [6, 6.07) is 3.59. The van der Waals surface area contributed by atoms with Crippen molar-refractivity contribution in [3.63, 3.8) is 0 Å². The van der Waals surface area contributed by atoms with E-state index in [4.69, 9.17) is 4.74 Å². The lowest BCUT2D eigenvalue weighted by atomic mass is 10.2. The molecule has 0 aliphatic carbocycles. The number of pyridine rings is 1. The summed E-state index contributed by atoms with van der Waals surface area (Å²) in [5, 5.41) is 5.98. The molecule has 0 unspecified atom stereocenters. The van der Waals surface area contributed by atoms with Crippen molar-refractivity contribution in [1.29, 1.82) is 0 Å². The van der Waals surface area contributed by atoms with Crippen LogP contribution < -0.4 is 10.6 Å². The number of carbonyl (C=O) groups is 1. The average Bonchev–Trinajstić information content (AvgIpc) is 2.41. The third-order valence-electron chi connectivity index (χ3n) is 2.39. The third kappa shape index (κ3) is 5.14. The molecule has 5 heteroatoms. The largest absolute Gasteiger partial charge is 0.385 e. The van der Waals surface area contributed by atoms with Crippen LogP contribution in [0.3, 0.4) is 0 Å². The Morgan fingerprint density at radius 3 is 2.83 bits per heavy atom. The van der Waals surface area contributed by atoms with Gasteiger partial charge in [-0.25, -0.2) is 4.98 Å². The molecule has 18 heavy (non-hydrogen) atoms. The van der Waals surface area contributed by atoms with E-state index in [-0.39, 0.29) is 5.91 Å². The van der Waals surface area contributed by atoms with Gasteiger partial charge in [0.25, 0.3) is 5.91 Å². The molecular formula is C13H21N3O2. The summed E-state index contributed by atoms with van der Waals surface area (Å²) in [4.78, 5) is 15.9. The van der Waals surface area contributed by atoms with Gasteiger partial charge in [0.2, 0.25) is 0 Å². The van der Waals surface area contributed by atoms with Gasteiger partial charge in [-0.1, -0.05) is 6.92 Å². The topological polar surface area (TPSA) is 63.2 Å². The standard InChI is InChI=1S/C13H21N3O2/c1-3-7-14-12-6-5-11(10-16-12)13(17)15-8-4-9-18-2/h5-6,10H,3-4,7-9H2,1-2H3,(H,14,16)(H,15,17). The minimum Gasteiger partial charge on any atom is -0.385 e. The van der Waals surface area contributed by atoms with Crippen LogP contribution in [0.4, 0.5) is 5.82 Å². The summed E-state index contributed by atoms with van der Waals surface area (Å²) in [6.45, 7) is 4.24. The number of aromatic nitrogens is 1. The van der Waals surface area contributed by atoms with Crippen LogP contribution in [-0.2, 0) is 4.74 Å². The van der Waals surface area contributed by atoms with Crippen LogP contribution in [0.5, 0.6) is 0 Å². The van der Waals surface area contributed by atoms with Gasteiger partial charge < -0.3 is 15.4 Å². The summed E-state index contributed by atoms with van der Waals surface area (Å²) in [7, 11) is 1.65. The molecule has 0 radical (unpaired) electrons. The summed E-state index contributed by atoms with van der Waals surface area (Å²) >= 11 is 0. The van der Waals surface area contributed by atoms with Crippen molar-refractivity contribution < 1.29 is 9.53 Å². The third-order valence-corrected chi connectivity index (χ3v) is 2.39. The second-order valence-corrected chi connectivity index (χ2v) is 3.96. The summed E-state index contributed by atoms with van der Waals surface area (Å²) in [6.07, 6.45) is 3.44. The molecule has 5 nitrogen and oxygen atoms in total. The van der Waals surface area contributed by atoms with Crippen LogP contribution in [-0.4, -0.2) is 37.7 Å². The molecule has 1 rings (SSSR count). The Labute approximate surface area is 108 Å². The number of carbonyl (C=O) groups excluding carboxylic acids is 1. The van der Waals surface area contributed by atoms with Gasteiger partial charge in [0, 0.05) is 33.0 Å². The maximum absolute atomic E-state index is 11.7. The minimum absolute atomic E-state index is 0.0966. The lowest BCUT2D eigenvalue weighted by molar-refractivity contribution is 0.0948. The van der Waals surface area contributed by atoms with Crippen molar-refractivity contribution in [1.82, 2.24) is 10.3 Å². The molecule has 100 valence electrons. The summed E-state index contributed by atoms with van der Waals surface area (Å²) in [5.74, 6) is 0.702. The quantitative estimate of drug-likeness (QED) is 0.690. The number of hydrogen-bond donors (Lipinski definition) is 2. The van der Waals surface area contributed by atoms with E-state index < -0.39 is 0 Å². The molecule has 0 aromatic carbocycles. The number of ether oxygens (including phenoxy) is 1. The molecule has 2 N–H and O–H groups in total. The smallest absolute Gasteiger partial charge is 0.252 e. The maximum Gasteiger partial charge on any atom is 0.252 e. The molecule has 0 bridgehead atoms. The average molecular weight is 251 g/mol. The van der Waals surface area contributed by atoms with Crippen LogP contribution in [0.15, 0.2) is 18.3 Å². The first-order chi connectivity index (χ1) is 8.77. The fourth-order valence-corrected chi connectivity index (χ4v) is 1.41. The van der Waals surface area contributed by atoms with Gasteiger partial charge in [0.1, 0.15) is 5.82 Å². The molecule has 1 aromatic heterocycles. The van der Waals surface area contributed by atoms with E-state index in [1.807, 2.05) is 6.07 Å². The lowest BCUT2D eigenvalue weighted by Gasteiger charge is -2.06. The van der Waals surface area contributed by atoms with Crippen LogP contribution in [0.1, 0.15) is 30.1 Å². The predicted octanol–water partition coefficient (Wildman–Crippen LogP) is 1.67. The Bertz CT molecular complexity index is 352.